The van der Waals surface area contributed by atoms with Gasteiger partial charge in [-0.05, 0) is 41.3 Å². The van der Waals surface area contributed by atoms with E-state index in [2.05, 4.69) is 47.4 Å². The molecule has 0 unspecified atom stereocenters. The number of rotatable bonds is 7. The van der Waals surface area contributed by atoms with Gasteiger partial charge in [0.05, 0.1) is 36.4 Å². The minimum Gasteiger partial charge on any atom is -0.379 e. The molecule has 1 N–H and O–H groups in total. The largest absolute Gasteiger partial charge is 0.379 e. The molecule has 0 bridgehead atoms. The fourth-order valence-electron chi connectivity index (χ4n) is 4.01. The van der Waals surface area contributed by atoms with Crippen molar-refractivity contribution in [1.82, 2.24) is 20.0 Å². The molecule has 1 aliphatic rings. The molecule has 32 heavy (non-hydrogen) atoms. The first-order valence-electron chi connectivity index (χ1n) is 11.0. The monoisotopic (exact) mass is 452 g/mol. The third kappa shape index (κ3) is 5.38. The molecule has 1 aliphatic heterocycles. The average Bonchev–Trinajstić information content (AvgIpc) is 3.25. The maximum absolute atomic E-state index is 13.0. The van der Waals surface area contributed by atoms with Crippen molar-refractivity contribution < 1.29 is 9.53 Å². The van der Waals surface area contributed by atoms with Gasteiger partial charge in [0.1, 0.15) is 0 Å². The molecule has 1 amide bonds. The summed E-state index contributed by atoms with van der Waals surface area (Å²) in [7, 11) is 0. The van der Waals surface area contributed by atoms with Crippen LogP contribution in [0.4, 0.5) is 0 Å². The lowest BCUT2D eigenvalue weighted by atomic mass is 10.0. The van der Waals surface area contributed by atoms with Crippen LogP contribution in [-0.4, -0.2) is 46.9 Å². The molecule has 1 saturated heterocycles. The first-order chi connectivity index (χ1) is 15.5. The van der Waals surface area contributed by atoms with Crippen molar-refractivity contribution in [1.29, 1.82) is 0 Å². The Morgan fingerprint density at radius 2 is 1.84 bits per heavy atom. The van der Waals surface area contributed by atoms with Gasteiger partial charge in [-0.3, -0.25) is 9.69 Å². The molecule has 1 aromatic heterocycles. The zero-order valence-corrected chi connectivity index (χ0v) is 19.3. The molecule has 168 valence electrons. The summed E-state index contributed by atoms with van der Waals surface area (Å²) in [6.45, 7) is 8.99. The SMILES string of the molecule is CC(C)c1c(C(=O)NCc2cccc(CN3CCOCC3)c2)cnn1-c1ccc(Cl)cc1. The summed E-state index contributed by atoms with van der Waals surface area (Å²) in [5.74, 6) is 0.0123. The van der Waals surface area contributed by atoms with Crippen LogP contribution in [0, 0.1) is 0 Å². The molecule has 0 aliphatic carbocycles. The van der Waals surface area contributed by atoms with E-state index in [1.54, 1.807) is 6.20 Å². The smallest absolute Gasteiger partial charge is 0.255 e. The number of carbonyl (C=O) groups is 1. The van der Waals surface area contributed by atoms with E-state index in [4.69, 9.17) is 16.3 Å². The van der Waals surface area contributed by atoms with Crippen molar-refractivity contribution in [3.63, 3.8) is 0 Å². The van der Waals surface area contributed by atoms with Crippen molar-refractivity contribution in [2.75, 3.05) is 26.3 Å². The average molecular weight is 453 g/mol. The molecule has 3 aromatic rings. The number of morpholine rings is 1. The number of benzene rings is 2. The Hall–Kier alpha value is -2.67. The van der Waals surface area contributed by atoms with Crippen molar-refractivity contribution in [3.05, 3.63) is 82.1 Å². The maximum atomic E-state index is 13.0. The number of hydrogen-bond donors (Lipinski definition) is 1. The summed E-state index contributed by atoms with van der Waals surface area (Å²) in [6.07, 6.45) is 1.65. The number of halogens is 1. The lowest BCUT2D eigenvalue weighted by molar-refractivity contribution is 0.0342. The van der Waals surface area contributed by atoms with Crippen molar-refractivity contribution >= 4 is 17.5 Å². The van der Waals surface area contributed by atoms with Crippen LogP contribution in [0.1, 0.15) is 46.9 Å². The number of nitrogens with one attached hydrogen (secondary N) is 1. The Bertz CT molecular complexity index is 1060. The summed E-state index contributed by atoms with van der Waals surface area (Å²) in [4.78, 5) is 15.4. The van der Waals surface area contributed by atoms with Crippen molar-refractivity contribution in [3.8, 4) is 5.69 Å². The molecule has 1 fully saturated rings. The standard InChI is InChI=1S/C25H29ClN4O2/c1-18(2)24-23(16-28-30(24)22-8-6-21(26)7-9-22)25(31)27-15-19-4-3-5-20(14-19)17-29-10-12-32-13-11-29/h3-9,14,16,18H,10-13,15,17H2,1-2H3,(H,27,31). The van der Waals surface area contributed by atoms with Crippen LogP contribution >= 0.6 is 11.6 Å². The van der Waals surface area contributed by atoms with Gasteiger partial charge in [0.25, 0.3) is 5.91 Å². The molecule has 0 saturated carbocycles. The molecular formula is C25H29ClN4O2. The summed E-state index contributed by atoms with van der Waals surface area (Å²) >= 11 is 6.02. The highest BCUT2D eigenvalue weighted by Gasteiger charge is 2.21. The highest BCUT2D eigenvalue weighted by molar-refractivity contribution is 6.30. The van der Waals surface area contributed by atoms with E-state index < -0.39 is 0 Å². The number of ether oxygens (including phenoxy) is 1. The summed E-state index contributed by atoms with van der Waals surface area (Å²) < 4.78 is 7.25. The Morgan fingerprint density at radius 1 is 1.12 bits per heavy atom. The van der Waals surface area contributed by atoms with Gasteiger partial charge in [0.15, 0.2) is 0 Å². The minimum atomic E-state index is -0.118. The second-order valence-corrected chi connectivity index (χ2v) is 8.81. The third-order valence-corrected chi connectivity index (χ3v) is 5.88. The van der Waals surface area contributed by atoms with Crippen LogP contribution in [0.3, 0.4) is 0 Å². The number of hydrogen-bond acceptors (Lipinski definition) is 4. The van der Waals surface area contributed by atoms with Gasteiger partial charge in [-0.1, -0.05) is 49.7 Å². The first-order valence-corrected chi connectivity index (χ1v) is 11.4. The van der Waals surface area contributed by atoms with E-state index in [0.717, 1.165) is 49.8 Å². The van der Waals surface area contributed by atoms with E-state index in [9.17, 15) is 4.79 Å². The van der Waals surface area contributed by atoms with E-state index in [1.165, 1.54) is 5.56 Å². The Morgan fingerprint density at radius 3 is 2.56 bits per heavy atom. The number of carbonyl (C=O) groups excluding carboxylic acids is 1. The van der Waals surface area contributed by atoms with Crippen molar-refractivity contribution in [2.24, 2.45) is 0 Å². The second-order valence-electron chi connectivity index (χ2n) is 8.38. The Balaban J connectivity index is 1.45. The van der Waals surface area contributed by atoms with E-state index in [1.807, 2.05) is 35.0 Å². The normalized spacial score (nSPS) is 14.6. The molecule has 0 radical (unpaired) electrons. The van der Waals surface area contributed by atoms with Crippen LogP contribution < -0.4 is 5.32 Å². The molecule has 2 aromatic carbocycles. The van der Waals surface area contributed by atoms with Crippen LogP contribution in [0.15, 0.2) is 54.7 Å². The molecule has 6 nitrogen and oxygen atoms in total. The zero-order chi connectivity index (χ0) is 22.5. The van der Waals surface area contributed by atoms with E-state index >= 15 is 0 Å². The lowest BCUT2D eigenvalue weighted by Gasteiger charge is -2.26. The van der Waals surface area contributed by atoms with Crippen LogP contribution in [0.25, 0.3) is 5.69 Å². The summed E-state index contributed by atoms with van der Waals surface area (Å²) in [6, 6.07) is 15.9. The van der Waals surface area contributed by atoms with Crippen LogP contribution in [0.2, 0.25) is 5.02 Å². The Kier molecular flexibility index (Phi) is 7.25. The number of amides is 1. The van der Waals surface area contributed by atoms with E-state index in [-0.39, 0.29) is 11.8 Å². The number of aromatic nitrogens is 2. The fourth-order valence-corrected chi connectivity index (χ4v) is 4.14. The van der Waals surface area contributed by atoms with Gasteiger partial charge in [0, 0.05) is 31.2 Å². The molecule has 0 atom stereocenters. The van der Waals surface area contributed by atoms with Crippen molar-refractivity contribution in [2.45, 2.75) is 32.9 Å². The predicted molar refractivity (Wildman–Crippen MR) is 126 cm³/mol. The third-order valence-electron chi connectivity index (χ3n) is 5.62. The quantitative estimate of drug-likeness (QED) is 0.576. The minimum absolute atomic E-state index is 0.118. The lowest BCUT2D eigenvalue weighted by Crippen LogP contribution is -2.35. The summed E-state index contributed by atoms with van der Waals surface area (Å²) in [5.41, 5.74) is 4.69. The van der Waals surface area contributed by atoms with Gasteiger partial charge in [-0.25, -0.2) is 4.68 Å². The maximum Gasteiger partial charge on any atom is 0.255 e. The van der Waals surface area contributed by atoms with Gasteiger partial charge in [-0.2, -0.15) is 5.10 Å². The highest BCUT2D eigenvalue weighted by atomic mass is 35.5. The molecule has 0 spiro atoms. The predicted octanol–water partition coefficient (Wildman–Crippen LogP) is 4.41. The van der Waals surface area contributed by atoms with Gasteiger partial charge >= 0.3 is 0 Å². The number of nitrogens with zero attached hydrogens (tertiary/aromatic N) is 3. The topological polar surface area (TPSA) is 59.4 Å². The second kappa shape index (κ2) is 10.3. The zero-order valence-electron chi connectivity index (χ0n) is 18.6. The molecule has 2 heterocycles. The highest BCUT2D eigenvalue weighted by Crippen LogP contribution is 2.24. The molecule has 4 rings (SSSR count). The first kappa shape index (κ1) is 22.5. The van der Waals surface area contributed by atoms with Crippen LogP contribution in [-0.2, 0) is 17.8 Å². The Labute approximate surface area is 194 Å². The van der Waals surface area contributed by atoms with Gasteiger partial charge in [0.2, 0.25) is 0 Å². The van der Waals surface area contributed by atoms with Gasteiger partial charge < -0.3 is 10.1 Å². The summed E-state index contributed by atoms with van der Waals surface area (Å²) in [5, 5.41) is 8.23. The van der Waals surface area contributed by atoms with Crippen LogP contribution in [0.5, 0.6) is 0 Å². The van der Waals surface area contributed by atoms with Gasteiger partial charge in [-0.15, -0.1) is 0 Å². The molecule has 7 heteroatoms. The fraction of sp³-hybridized carbons (Fsp3) is 0.360. The van der Waals surface area contributed by atoms with E-state index in [0.29, 0.717) is 17.1 Å². The molecular weight excluding hydrogens is 424 g/mol.